The lowest BCUT2D eigenvalue weighted by atomic mass is 10.1. The number of nitrogens with zero attached hydrogens (tertiary/aromatic N) is 2. The van der Waals surface area contributed by atoms with Gasteiger partial charge in [0.2, 0.25) is 0 Å². The third kappa shape index (κ3) is 3.94. The fourth-order valence-corrected chi connectivity index (χ4v) is 2.29. The van der Waals surface area contributed by atoms with E-state index in [1.807, 2.05) is 25.3 Å². The van der Waals surface area contributed by atoms with E-state index in [1.54, 1.807) is 12.1 Å². The third-order valence-electron chi connectivity index (χ3n) is 3.59. The Balaban J connectivity index is 2.04. The minimum Gasteiger partial charge on any atom is -0.377 e. The first kappa shape index (κ1) is 15.3. The Labute approximate surface area is 125 Å². The minimum absolute atomic E-state index is 0.103. The number of rotatable bonds is 6. The molecule has 0 spiro atoms. The molecule has 1 N–H and O–H groups in total. The van der Waals surface area contributed by atoms with Crippen molar-refractivity contribution >= 4 is 11.5 Å². The zero-order valence-corrected chi connectivity index (χ0v) is 12.8. The van der Waals surface area contributed by atoms with Gasteiger partial charge in [0.15, 0.2) is 0 Å². The normalized spacial score (nSPS) is 12.0. The molecule has 3 nitrogen and oxygen atoms in total. The predicted molar refractivity (Wildman–Crippen MR) is 86.2 cm³/mol. The van der Waals surface area contributed by atoms with E-state index in [4.69, 9.17) is 0 Å². The molecule has 0 aliphatic carbocycles. The van der Waals surface area contributed by atoms with Gasteiger partial charge in [0.25, 0.3) is 0 Å². The summed E-state index contributed by atoms with van der Waals surface area (Å²) in [6.07, 6.45) is 1.84. The van der Waals surface area contributed by atoms with Crippen LogP contribution in [0.1, 0.15) is 32.4 Å². The summed E-state index contributed by atoms with van der Waals surface area (Å²) in [5.74, 6) is 0.774. The van der Waals surface area contributed by atoms with Crippen LogP contribution >= 0.6 is 0 Å². The van der Waals surface area contributed by atoms with E-state index in [9.17, 15) is 4.39 Å². The summed E-state index contributed by atoms with van der Waals surface area (Å²) in [4.78, 5) is 6.69. The van der Waals surface area contributed by atoms with E-state index < -0.39 is 0 Å². The highest BCUT2D eigenvalue weighted by Gasteiger charge is 2.07. The molecule has 2 rings (SSSR count). The average Bonchev–Trinajstić information content (AvgIpc) is 2.51. The summed E-state index contributed by atoms with van der Waals surface area (Å²) in [6, 6.07) is 10.7. The van der Waals surface area contributed by atoms with Crippen molar-refractivity contribution in [1.29, 1.82) is 0 Å². The molecule has 4 heteroatoms. The Bertz CT molecular complexity index is 547. The minimum atomic E-state index is -0.212. The summed E-state index contributed by atoms with van der Waals surface area (Å²) in [5.41, 5.74) is 2.01. The van der Waals surface area contributed by atoms with Gasteiger partial charge in [-0.05, 0) is 50.6 Å². The number of halogens is 1. The van der Waals surface area contributed by atoms with Gasteiger partial charge in [-0.15, -0.1) is 0 Å². The molecule has 0 saturated carbocycles. The van der Waals surface area contributed by atoms with Gasteiger partial charge in [-0.3, -0.25) is 0 Å². The first-order chi connectivity index (χ1) is 10.1. The van der Waals surface area contributed by atoms with Crippen LogP contribution in [-0.4, -0.2) is 18.1 Å². The highest BCUT2D eigenvalue weighted by Crippen LogP contribution is 2.20. The third-order valence-corrected chi connectivity index (χ3v) is 3.59. The van der Waals surface area contributed by atoms with E-state index in [-0.39, 0.29) is 11.9 Å². The van der Waals surface area contributed by atoms with Gasteiger partial charge < -0.3 is 10.2 Å². The van der Waals surface area contributed by atoms with E-state index >= 15 is 0 Å². The highest BCUT2D eigenvalue weighted by atomic mass is 19.1. The zero-order chi connectivity index (χ0) is 15.2. The molecular weight excluding hydrogens is 265 g/mol. The van der Waals surface area contributed by atoms with Crippen molar-refractivity contribution in [2.75, 3.05) is 23.3 Å². The van der Waals surface area contributed by atoms with E-state index in [0.717, 1.165) is 30.2 Å². The molecule has 112 valence electrons. The SMILES string of the molecule is CCN(CC)c1ccc(NC(C)c2ccc(F)cc2)cn1. The largest absolute Gasteiger partial charge is 0.377 e. The van der Waals surface area contributed by atoms with Crippen LogP contribution in [0.2, 0.25) is 0 Å². The summed E-state index contributed by atoms with van der Waals surface area (Å²) >= 11 is 0. The van der Waals surface area contributed by atoms with Crippen molar-refractivity contribution in [3.05, 3.63) is 54.0 Å². The molecule has 1 atom stereocenters. The Kier molecular flexibility index (Phi) is 5.14. The lowest BCUT2D eigenvalue weighted by Crippen LogP contribution is -2.22. The summed E-state index contributed by atoms with van der Waals surface area (Å²) in [5, 5.41) is 3.38. The van der Waals surface area contributed by atoms with Crippen molar-refractivity contribution in [3.63, 3.8) is 0 Å². The summed E-state index contributed by atoms with van der Waals surface area (Å²) in [6.45, 7) is 8.18. The van der Waals surface area contributed by atoms with Gasteiger partial charge in [0, 0.05) is 19.1 Å². The molecule has 0 saturated heterocycles. The first-order valence-electron chi connectivity index (χ1n) is 7.37. The molecule has 1 heterocycles. The molecular formula is C17H22FN3. The number of aromatic nitrogens is 1. The zero-order valence-electron chi connectivity index (χ0n) is 12.8. The number of anilines is 2. The van der Waals surface area contributed by atoms with Gasteiger partial charge in [-0.1, -0.05) is 12.1 Å². The topological polar surface area (TPSA) is 28.2 Å². The molecule has 0 aliphatic heterocycles. The van der Waals surface area contributed by atoms with Gasteiger partial charge in [0.05, 0.1) is 11.9 Å². The van der Waals surface area contributed by atoms with Crippen molar-refractivity contribution in [3.8, 4) is 0 Å². The quantitative estimate of drug-likeness (QED) is 0.861. The van der Waals surface area contributed by atoms with Gasteiger partial charge in [-0.25, -0.2) is 9.37 Å². The second-order valence-corrected chi connectivity index (χ2v) is 4.99. The van der Waals surface area contributed by atoms with Crippen molar-refractivity contribution < 1.29 is 4.39 Å². The maximum Gasteiger partial charge on any atom is 0.128 e. The van der Waals surface area contributed by atoms with Crippen molar-refractivity contribution in [1.82, 2.24) is 4.98 Å². The number of nitrogens with one attached hydrogen (secondary N) is 1. The van der Waals surface area contributed by atoms with E-state index in [0.29, 0.717) is 0 Å². The Morgan fingerprint density at radius 2 is 1.76 bits per heavy atom. The first-order valence-corrected chi connectivity index (χ1v) is 7.37. The summed E-state index contributed by atoms with van der Waals surface area (Å²) in [7, 11) is 0. The smallest absolute Gasteiger partial charge is 0.128 e. The molecule has 21 heavy (non-hydrogen) atoms. The van der Waals surface area contributed by atoms with Crippen LogP contribution < -0.4 is 10.2 Å². The lowest BCUT2D eigenvalue weighted by Gasteiger charge is -2.20. The number of hydrogen-bond donors (Lipinski definition) is 1. The fourth-order valence-electron chi connectivity index (χ4n) is 2.29. The molecule has 2 aromatic rings. The van der Waals surface area contributed by atoms with Gasteiger partial charge >= 0.3 is 0 Å². The van der Waals surface area contributed by atoms with Crippen LogP contribution in [-0.2, 0) is 0 Å². The fraction of sp³-hybridized carbons (Fsp3) is 0.353. The molecule has 0 aliphatic rings. The summed E-state index contributed by atoms with van der Waals surface area (Å²) < 4.78 is 12.9. The second-order valence-electron chi connectivity index (χ2n) is 4.99. The molecule has 1 aromatic carbocycles. The Morgan fingerprint density at radius 3 is 2.29 bits per heavy atom. The van der Waals surface area contributed by atoms with Crippen LogP contribution in [0.15, 0.2) is 42.6 Å². The van der Waals surface area contributed by atoms with Crippen LogP contribution in [0.3, 0.4) is 0 Å². The second kappa shape index (κ2) is 7.07. The Morgan fingerprint density at radius 1 is 1.10 bits per heavy atom. The van der Waals surface area contributed by atoms with Crippen LogP contribution in [0.4, 0.5) is 15.9 Å². The van der Waals surface area contributed by atoms with E-state index in [1.165, 1.54) is 12.1 Å². The van der Waals surface area contributed by atoms with Gasteiger partial charge in [-0.2, -0.15) is 0 Å². The van der Waals surface area contributed by atoms with Crippen LogP contribution in [0, 0.1) is 5.82 Å². The number of benzene rings is 1. The number of hydrogen-bond acceptors (Lipinski definition) is 3. The lowest BCUT2D eigenvalue weighted by molar-refractivity contribution is 0.626. The van der Waals surface area contributed by atoms with Crippen LogP contribution in [0.5, 0.6) is 0 Å². The van der Waals surface area contributed by atoms with Gasteiger partial charge in [0.1, 0.15) is 11.6 Å². The van der Waals surface area contributed by atoms with Crippen LogP contribution in [0.25, 0.3) is 0 Å². The Hall–Kier alpha value is -2.10. The molecule has 0 fully saturated rings. The van der Waals surface area contributed by atoms with Crippen molar-refractivity contribution in [2.24, 2.45) is 0 Å². The monoisotopic (exact) mass is 287 g/mol. The maximum atomic E-state index is 12.9. The molecule has 0 bridgehead atoms. The molecule has 1 aromatic heterocycles. The molecule has 0 radical (unpaired) electrons. The standard InChI is InChI=1S/C17H22FN3/c1-4-21(5-2)17-11-10-16(12-19-17)20-13(3)14-6-8-15(18)9-7-14/h6-13,20H,4-5H2,1-3H3. The predicted octanol–water partition coefficient (Wildman–Crippen LogP) is 4.24. The highest BCUT2D eigenvalue weighted by molar-refractivity contribution is 5.49. The molecule has 0 amide bonds. The average molecular weight is 287 g/mol. The van der Waals surface area contributed by atoms with Crippen molar-refractivity contribution in [2.45, 2.75) is 26.8 Å². The molecule has 1 unspecified atom stereocenters. The number of pyridine rings is 1. The maximum absolute atomic E-state index is 12.9. The van der Waals surface area contributed by atoms with E-state index in [2.05, 4.69) is 29.0 Å².